The molecule has 2 N–H and O–H groups in total. The van der Waals surface area contributed by atoms with Gasteiger partial charge in [-0.25, -0.2) is 0 Å². The summed E-state index contributed by atoms with van der Waals surface area (Å²) in [4.78, 5) is 24.3. The van der Waals surface area contributed by atoms with Crippen molar-refractivity contribution >= 4 is 12.3 Å². The number of aliphatic hydroxyl groups is 1. The van der Waals surface area contributed by atoms with Gasteiger partial charge >= 0.3 is 5.97 Å². The van der Waals surface area contributed by atoms with Gasteiger partial charge in [-0.15, -0.1) is 0 Å². The first kappa shape index (κ1) is 19.3. The topological polar surface area (TPSA) is 93.1 Å². The SMILES string of the molecule is C[C@]1([C@H]2CC[C@@]3(C)C(CCC34OCCO4)[C@@H]2C=O)CC[C@H](O)C[C@@H]1C(=O)O. The van der Waals surface area contributed by atoms with E-state index in [1.807, 2.05) is 6.92 Å². The van der Waals surface area contributed by atoms with E-state index in [0.717, 1.165) is 32.0 Å². The highest BCUT2D eigenvalue weighted by molar-refractivity contribution is 5.71. The van der Waals surface area contributed by atoms with Crippen LogP contribution in [0, 0.1) is 34.5 Å². The zero-order valence-corrected chi connectivity index (χ0v) is 16.4. The standard InChI is InChI=1S/C21H32O6/c1-19(6-3-13(23)11-17(19)18(24)25)15-4-7-20(2)16(14(15)12-22)5-8-21(20)26-9-10-27-21/h12-17,23H,3-11H2,1-2H3,(H,24,25)/t13-,14+,15-,16?,17+,19+,20-/m0/s1. The van der Waals surface area contributed by atoms with Crippen molar-refractivity contribution in [3.05, 3.63) is 0 Å². The summed E-state index contributed by atoms with van der Waals surface area (Å²) in [6.07, 6.45) is 5.45. The molecule has 27 heavy (non-hydrogen) atoms. The quantitative estimate of drug-likeness (QED) is 0.731. The van der Waals surface area contributed by atoms with E-state index in [2.05, 4.69) is 6.92 Å². The molecule has 4 fully saturated rings. The molecule has 4 rings (SSSR count). The zero-order valence-electron chi connectivity index (χ0n) is 16.4. The molecule has 1 spiro atoms. The second-order valence-electron chi connectivity index (χ2n) is 9.70. The molecule has 1 aliphatic heterocycles. The molecule has 0 amide bonds. The Labute approximate surface area is 160 Å². The minimum absolute atomic E-state index is 0.0261. The maximum atomic E-state index is 12.3. The molecule has 1 heterocycles. The molecule has 1 saturated heterocycles. The van der Waals surface area contributed by atoms with E-state index < -0.39 is 29.2 Å². The Morgan fingerprint density at radius 1 is 1.04 bits per heavy atom. The van der Waals surface area contributed by atoms with Gasteiger partial charge in [0.25, 0.3) is 0 Å². The molecule has 1 unspecified atom stereocenters. The Bertz CT molecular complexity index is 614. The van der Waals surface area contributed by atoms with Gasteiger partial charge in [-0.05, 0) is 55.8 Å². The number of ether oxygens (including phenoxy) is 2. The molecule has 0 bridgehead atoms. The van der Waals surface area contributed by atoms with Crippen molar-refractivity contribution in [2.45, 2.75) is 70.7 Å². The monoisotopic (exact) mass is 380 g/mol. The molecular weight excluding hydrogens is 348 g/mol. The summed E-state index contributed by atoms with van der Waals surface area (Å²) < 4.78 is 12.2. The first-order valence-corrected chi connectivity index (χ1v) is 10.4. The average molecular weight is 380 g/mol. The van der Waals surface area contributed by atoms with Gasteiger partial charge in [0.1, 0.15) is 6.29 Å². The number of fused-ring (bicyclic) bond motifs is 2. The van der Waals surface area contributed by atoms with E-state index in [1.54, 1.807) is 0 Å². The molecule has 3 saturated carbocycles. The summed E-state index contributed by atoms with van der Waals surface area (Å²) >= 11 is 0. The molecule has 4 aliphatic rings. The van der Waals surface area contributed by atoms with E-state index in [9.17, 15) is 19.8 Å². The lowest BCUT2D eigenvalue weighted by Gasteiger charge is -2.56. The normalized spacial score (nSPS) is 49.1. The first-order chi connectivity index (χ1) is 12.8. The molecule has 3 aliphatic carbocycles. The van der Waals surface area contributed by atoms with Crippen LogP contribution in [0.4, 0.5) is 0 Å². The van der Waals surface area contributed by atoms with Gasteiger partial charge in [-0.1, -0.05) is 13.8 Å². The van der Waals surface area contributed by atoms with Gasteiger partial charge in [0.2, 0.25) is 0 Å². The van der Waals surface area contributed by atoms with Crippen LogP contribution in [0.2, 0.25) is 0 Å². The highest BCUT2D eigenvalue weighted by atomic mass is 16.7. The van der Waals surface area contributed by atoms with Crippen LogP contribution in [0.3, 0.4) is 0 Å². The third-order valence-corrected chi connectivity index (χ3v) is 8.75. The second-order valence-corrected chi connectivity index (χ2v) is 9.70. The Morgan fingerprint density at radius 3 is 2.33 bits per heavy atom. The molecule has 0 aromatic heterocycles. The van der Waals surface area contributed by atoms with E-state index in [0.29, 0.717) is 26.1 Å². The van der Waals surface area contributed by atoms with Crippen molar-refractivity contribution in [2.75, 3.05) is 13.2 Å². The number of aldehydes is 1. The van der Waals surface area contributed by atoms with Crippen LogP contribution in [-0.4, -0.2) is 47.6 Å². The van der Waals surface area contributed by atoms with Gasteiger partial charge in [0, 0.05) is 17.8 Å². The number of aliphatic carboxylic acids is 1. The van der Waals surface area contributed by atoms with Crippen molar-refractivity contribution in [1.82, 2.24) is 0 Å². The van der Waals surface area contributed by atoms with Gasteiger partial charge in [0.15, 0.2) is 5.79 Å². The number of carboxylic acid groups (broad SMARTS) is 1. The number of aliphatic hydroxyl groups excluding tert-OH is 1. The van der Waals surface area contributed by atoms with Crippen LogP contribution in [0.15, 0.2) is 0 Å². The Morgan fingerprint density at radius 2 is 1.70 bits per heavy atom. The third-order valence-electron chi connectivity index (χ3n) is 8.75. The van der Waals surface area contributed by atoms with Crippen molar-refractivity contribution in [1.29, 1.82) is 0 Å². The number of carboxylic acids is 1. The lowest BCUT2D eigenvalue weighted by molar-refractivity contribution is -0.242. The number of rotatable bonds is 3. The zero-order chi connectivity index (χ0) is 19.4. The summed E-state index contributed by atoms with van der Waals surface area (Å²) in [7, 11) is 0. The fourth-order valence-electron chi connectivity index (χ4n) is 7.18. The maximum Gasteiger partial charge on any atom is 0.307 e. The molecule has 7 atom stereocenters. The van der Waals surface area contributed by atoms with Crippen LogP contribution in [-0.2, 0) is 19.1 Å². The highest BCUT2D eigenvalue weighted by Crippen LogP contribution is 2.66. The largest absolute Gasteiger partial charge is 0.481 e. The van der Waals surface area contributed by atoms with Crippen molar-refractivity contribution < 1.29 is 29.3 Å². The van der Waals surface area contributed by atoms with Crippen molar-refractivity contribution in [2.24, 2.45) is 34.5 Å². The van der Waals surface area contributed by atoms with E-state index in [-0.39, 0.29) is 29.6 Å². The lowest BCUT2D eigenvalue weighted by Crippen LogP contribution is -2.56. The fraction of sp³-hybridized carbons (Fsp3) is 0.905. The van der Waals surface area contributed by atoms with Gasteiger partial charge in [-0.3, -0.25) is 4.79 Å². The van der Waals surface area contributed by atoms with E-state index >= 15 is 0 Å². The predicted molar refractivity (Wildman–Crippen MR) is 96.8 cm³/mol. The van der Waals surface area contributed by atoms with Crippen LogP contribution in [0.5, 0.6) is 0 Å². The lowest BCUT2D eigenvalue weighted by atomic mass is 9.49. The molecule has 0 aromatic rings. The number of carbonyl (C=O) groups excluding carboxylic acids is 1. The maximum absolute atomic E-state index is 12.3. The number of hydrogen-bond donors (Lipinski definition) is 2. The van der Waals surface area contributed by atoms with Crippen molar-refractivity contribution in [3.63, 3.8) is 0 Å². The average Bonchev–Trinajstić information content (AvgIpc) is 3.23. The minimum Gasteiger partial charge on any atom is -0.481 e. The molecule has 0 radical (unpaired) electrons. The van der Waals surface area contributed by atoms with Crippen LogP contribution in [0.25, 0.3) is 0 Å². The smallest absolute Gasteiger partial charge is 0.307 e. The predicted octanol–water partition coefficient (Wildman–Crippen LogP) is 2.62. The third kappa shape index (κ3) is 2.63. The van der Waals surface area contributed by atoms with Crippen LogP contribution < -0.4 is 0 Å². The van der Waals surface area contributed by atoms with Crippen LogP contribution in [0.1, 0.15) is 58.8 Å². The molecule has 6 nitrogen and oxygen atoms in total. The minimum atomic E-state index is -0.848. The molecule has 0 aromatic carbocycles. The van der Waals surface area contributed by atoms with Crippen LogP contribution >= 0.6 is 0 Å². The second kappa shape index (κ2) is 6.53. The Hall–Kier alpha value is -0.980. The molecule has 6 heteroatoms. The van der Waals surface area contributed by atoms with Gasteiger partial charge in [0.05, 0.1) is 25.2 Å². The number of carbonyl (C=O) groups is 2. The van der Waals surface area contributed by atoms with E-state index in [4.69, 9.17) is 9.47 Å². The van der Waals surface area contributed by atoms with Gasteiger partial charge in [-0.2, -0.15) is 0 Å². The highest BCUT2D eigenvalue weighted by Gasteiger charge is 2.66. The number of hydrogen-bond acceptors (Lipinski definition) is 5. The summed E-state index contributed by atoms with van der Waals surface area (Å²) in [6, 6.07) is 0. The molecular formula is C21H32O6. The summed E-state index contributed by atoms with van der Waals surface area (Å²) in [5.74, 6) is -2.02. The first-order valence-electron chi connectivity index (χ1n) is 10.4. The summed E-state index contributed by atoms with van der Waals surface area (Å²) in [5, 5.41) is 19.9. The fourth-order valence-corrected chi connectivity index (χ4v) is 7.18. The van der Waals surface area contributed by atoms with Gasteiger partial charge < -0.3 is 24.5 Å². The Balaban J connectivity index is 1.66. The summed E-state index contributed by atoms with van der Waals surface area (Å²) in [6.45, 7) is 5.45. The van der Waals surface area contributed by atoms with Crippen molar-refractivity contribution in [3.8, 4) is 0 Å². The van der Waals surface area contributed by atoms with E-state index in [1.165, 1.54) is 0 Å². The Kier molecular flexibility index (Phi) is 4.68. The molecule has 152 valence electrons. The summed E-state index contributed by atoms with van der Waals surface area (Å²) in [5.41, 5.74) is -0.667.